The first-order valence-electron chi connectivity index (χ1n) is 5.74. The first-order valence-corrected chi connectivity index (χ1v) is 5.74. The average molecular weight is 240 g/mol. The molecule has 16 heavy (non-hydrogen) atoms. The van der Waals surface area contributed by atoms with Gasteiger partial charge in [-0.25, -0.2) is 0 Å². The molecule has 2 rings (SSSR count). The highest BCUT2D eigenvalue weighted by atomic mass is 35.5. The van der Waals surface area contributed by atoms with E-state index >= 15 is 0 Å². The second-order valence-corrected chi connectivity index (χ2v) is 5.96. The van der Waals surface area contributed by atoms with E-state index < -0.39 is 0 Å². The van der Waals surface area contributed by atoms with Gasteiger partial charge in [0.1, 0.15) is 0 Å². The van der Waals surface area contributed by atoms with Crippen LogP contribution in [0.1, 0.15) is 45.2 Å². The van der Waals surface area contributed by atoms with Crippen LogP contribution in [0.15, 0.2) is 24.3 Å². The summed E-state index contributed by atoms with van der Waals surface area (Å²) in [6.07, 6.45) is 1.18. The number of fused-ring (bicyclic) bond motifs is 1. The Morgan fingerprint density at radius 1 is 1.06 bits per heavy atom. The molecule has 0 saturated carbocycles. The van der Waals surface area contributed by atoms with Gasteiger partial charge in [-0.2, -0.15) is 0 Å². The highest BCUT2D eigenvalue weighted by Crippen LogP contribution is 2.36. The Hall–Kier alpha value is -0.530. The Labute approximate surface area is 105 Å². The molecule has 0 unspecified atom stereocenters. The van der Waals surface area contributed by atoms with Gasteiger partial charge in [-0.3, -0.25) is 0 Å². The molecule has 0 atom stereocenters. The van der Waals surface area contributed by atoms with Crippen LogP contribution in [0.5, 0.6) is 0 Å². The number of halogens is 1. The maximum absolute atomic E-state index is 3.63. The van der Waals surface area contributed by atoms with Crippen LogP contribution in [0.25, 0.3) is 0 Å². The van der Waals surface area contributed by atoms with Crippen LogP contribution in [-0.2, 0) is 12.0 Å². The third-order valence-electron chi connectivity index (χ3n) is 3.39. The van der Waals surface area contributed by atoms with E-state index in [9.17, 15) is 0 Å². The molecular formula is C14H22ClN. The van der Waals surface area contributed by atoms with Gasteiger partial charge in [-0.05, 0) is 36.8 Å². The van der Waals surface area contributed by atoms with E-state index in [1.165, 1.54) is 17.5 Å². The minimum atomic E-state index is 0. The van der Waals surface area contributed by atoms with Crippen molar-refractivity contribution in [1.82, 2.24) is 5.32 Å². The third kappa shape index (κ3) is 2.58. The molecule has 0 fully saturated rings. The van der Waals surface area contributed by atoms with Gasteiger partial charge < -0.3 is 5.32 Å². The summed E-state index contributed by atoms with van der Waals surface area (Å²) in [6, 6.07) is 8.80. The molecule has 1 aromatic carbocycles. The van der Waals surface area contributed by atoms with E-state index in [2.05, 4.69) is 57.3 Å². The van der Waals surface area contributed by atoms with Crippen molar-refractivity contribution in [3.63, 3.8) is 0 Å². The monoisotopic (exact) mass is 239 g/mol. The van der Waals surface area contributed by atoms with Crippen LogP contribution < -0.4 is 5.32 Å². The smallest absolute Gasteiger partial charge is 0.0213 e. The molecule has 0 aromatic heterocycles. The topological polar surface area (TPSA) is 12.0 Å². The summed E-state index contributed by atoms with van der Waals surface area (Å²) >= 11 is 0. The maximum Gasteiger partial charge on any atom is 0.0213 e. The van der Waals surface area contributed by atoms with Crippen molar-refractivity contribution in [3.8, 4) is 0 Å². The molecule has 90 valence electrons. The molecule has 1 N–H and O–H groups in total. The van der Waals surface area contributed by atoms with Gasteiger partial charge in [0, 0.05) is 12.1 Å². The van der Waals surface area contributed by atoms with Crippen molar-refractivity contribution in [2.45, 2.75) is 51.6 Å². The summed E-state index contributed by atoms with van der Waals surface area (Å²) in [4.78, 5) is 0. The summed E-state index contributed by atoms with van der Waals surface area (Å²) in [5.41, 5.74) is 3.45. The molecule has 0 radical (unpaired) electrons. The molecule has 0 saturated heterocycles. The molecule has 1 heterocycles. The molecule has 1 aromatic rings. The van der Waals surface area contributed by atoms with Crippen molar-refractivity contribution in [2.24, 2.45) is 0 Å². The lowest BCUT2D eigenvalue weighted by molar-refractivity contribution is 0.302. The Balaban J connectivity index is 0.00000128. The van der Waals surface area contributed by atoms with E-state index in [1.54, 1.807) is 0 Å². The Morgan fingerprint density at radius 3 is 2.38 bits per heavy atom. The van der Waals surface area contributed by atoms with Crippen molar-refractivity contribution in [1.29, 1.82) is 0 Å². The summed E-state index contributed by atoms with van der Waals surface area (Å²) < 4.78 is 0. The molecule has 0 bridgehead atoms. The standard InChI is InChI=1S/C14H21N.ClH/c1-13(2)10-14(3,4)15-9-11-7-5-6-8-12(11)13;/h5-8,15H,9-10H2,1-4H3;1H. The number of nitrogens with one attached hydrogen (secondary N) is 1. The molecule has 0 spiro atoms. The van der Waals surface area contributed by atoms with E-state index in [0.717, 1.165) is 6.54 Å². The third-order valence-corrected chi connectivity index (χ3v) is 3.39. The Bertz CT molecular complexity index is 369. The summed E-state index contributed by atoms with van der Waals surface area (Å²) in [6.45, 7) is 10.3. The zero-order chi connectivity index (χ0) is 11.1. The van der Waals surface area contributed by atoms with Crippen molar-refractivity contribution in [2.75, 3.05) is 0 Å². The molecular weight excluding hydrogens is 218 g/mol. The van der Waals surface area contributed by atoms with Crippen LogP contribution in [-0.4, -0.2) is 5.54 Å². The summed E-state index contributed by atoms with van der Waals surface area (Å²) in [5.74, 6) is 0. The number of hydrogen-bond acceptors (Lipinski definition) is 1. The number of benzene rings is 1. The fourth-order valence-corrected chi connectivity index (χ4v) is 2.93. The fourth-order valence-electron chi connectivity index (χ4n) is 2.93. The first kappa shape index (κ1) is 13.5. The second kappa shape index (κ2) is 4.38. The SMILES string of the molecule is CC1(C)CC(C)(C)c2ccccc2CN1.Cl. The van der Waals surface area contributed by atoms with E-state index in [-0.39, 0.29) is 23.4 Å². The molecule has 0 amide bonds. The van der Waals surface area contributed by atoms with Crippen molar-refractivity contribution in [3.05, 3.63) is 35.4 Å². The van der Waals surface area contributed by atoms with E-state index in [0.29, 0.717) is 0 Å². The zero-order valence-electron chi connectivity index (χ0n) is 10.6. The lowest BCUT2D eigenvalue weighted by atomic mass is 9.75. The van der Waals surface area contributed by atoms with Crippen LogP contribution in [0.3, 0.4) is 0 Å². The number of hydrogen-bond donors (Lipinski definition) is 1. The lowest BCUT2D eigenvalue weighted by Crippen LogP contribution is -2.40. The minimum absolute atomic E-state index is 0. The van der Waals surface area contributed by atoms with Gasteiger partial charge >= 0.3 is 0 Å². The summed E-state index contributed by atoms with van der Waals surface area (Å²) in [5, 5.41) is 3.63. The van der Waals surface area contributed by atoms with Crippen LogP contribution in [0.4, 0.5) is 0 Å². The van der Waals surface area contributed by atoms with Crippen LogP contribution in [0.2, 0.25) is 0 Å². The van der Waals surface area contributed by atoms with Gasteiger partial charge in [0.25, 0.3) is 0 Å². The van der Waals surface area contributed by atoms with Gasteiger partial charge in [0.05, 0.1) is 0 Å². The number of rotatable bonds is 0. The average Bonchev–Trinajstić information content (AvgIpc) is 2.22. The van der Waals surface area contributed by atoms with Crippen LogP contribution >= 0.6 is 12.4 Å². The maximum atomic E-state index is 3.63. The Morgan fingerprint density at radius 2 is 1.69 bits per heavy atom. The summed E-state index contributed by atoms with van der Waals surface area (Å²) in [7, 11) is 0. The minimum Gasteiger partial charge on any atom is -0.308 e. The highest BCUT2D eigenvalue weighted by Gasteiger charge is 2.33. The second-order valence-electron chi connectivity index (χ2n) is 5.96. The van der Waals surface area contributed by atoms with E-state index in [4.69, 9.17) is 0 Å². The van der Waals surface area contributed by atoms with E-state index in [1.807, 2.05) is 0 Å². The van der Waals surface area contributed by atoms with Gasteiger partial charge in [0.2, 0.25) is 0 Å². The molecule has 2 heteroatoms. The highest BCUT2D eigenvalue weighted by molar-refractivity contribution is 5.85. The molecule has 1 nitrogen and oxygen atoms in total. The van der Waals surface area contributed by atoms with Crippen molar-refractivity contribution < 1.29 is 0 Å². The Kier molecular flexibility index (Phi) is 3.71. The lowest BCUT2D eigenvalue weighted by Gasteiger charge is -2.33. The van der Waals surface area contributed by atoms with Gasteiger partial charge in [-0.15, -0.1) is 12.4 Å². The van der Waals surface area contributed by atoms with Gasteiger partial charge in [0.15, 0.2) is 0 Å². The van der Waals surface area contributed by atoms with Gasteiger partial charge in [-0.1, -0.05) is 38.1 Å². The van der Waals surface area contributed by atoms with Crippen molar-refractivity contribution >= 4 is 12.4 Å². The molecule has 1 aliphatic heterocycles. The molecule has 1 aliphatic rings. The largest absolute Gasteiger partial charge is 0.308 e. The molecule has 0 aliphatic carbocycles. The fraction of sp³-hybridized carbons (Fsp3) is 0.571. The first-order chi connectivity index (χ1) is 6.91. The predicted molar refractivity (Wildman–Crippen MR) is 72.3 cm³/mol. The quantitative estimate of drug-likeness (QED) is 0.729. The zero-order valence-corrected chi connectivity index (χ0v) is 11.4. The normalized spacial score (nSPS) is 21.5. The predicted octanol–water partition coefficient (Wildman–Crippen LogP) is 3.66. The van der Waals surface area contributed by atoms with Crippen LogP contribution in [0, 0.1) is 0 Å².